The highest BCUT2D eigenvalue weighted by atomic mass is 15.2. The minimum Gasteiger partial charge on any atom is -0.278 e. The number of aromatic nitrogens is 3. The first-order chi connectivity index (χ1) is 25.5. The number of hydrogen-bond donors (Lipinski definition) is 0. The first kappa shape index (κ1) is 29.2. The lowest BCUT2D eigenvalue weighted by atomic mass is 9.68. The minimum absolute atomic E-state index is 0.131. The van der Waals surface area contributed by atoms with Gasteiger partial charge >= 0.3 is 0 Å². The summed E-state index contributed by atoms with van der Waals surface area (Å²) in [5.41, 5.74) is 12.7. The zero-order valence-corrected chi connectivity index (χ0v) is 28.9. The van der Waals surface area contributed by atoms with Gasteiger partial charge in [-0.3, -0.25) is 4.57 Å². The van der Waals surface area contributed by atoms with Crippen LogP contribution in [0.25, 0.3) is 93.7 Å². The van der Waals surface area contributed by atoms with E-state index >= 15 is 0 Å². The van der Waals surface area contributed by atoms with Crippen LogP contribution in [0.3, 0.4) is 0 Å². The standard InChI is InChI=1S/C49H33N3/c1-49(2)39-20-10-8-18-36(39)46-44-35(17-12-21-40(44)49)29-43-45(46)38-27-33-15-6-7-16-34(33)28-42(38)52(43)48-50-41-22-11-9-19-37(41)47(51-48)32-25-23-31(24-26-32)30-13-4-3-5-14-30/h3-29H,1-2H3. The van der Waals surface area contributed by atoms with Crippen molar-refractivity contribution in [2.45, 2.75) is 19.3 Å². The van der Waals surface area contributed by atoms with Crippen LogP contribution in [-0.4, -0.2) is 14.5 Å². The molecule has 0 amide bonds. The van der Waals surface area contributed by atoms with Gasteiger partial charge in [0.1, 0.15) is 0 Å². The number of para-hydroxylation sites is 1. The Labute approximate surface area is 301 Å². The maximum Gasteiger partial charge on any atom is 0.235 e. The molecule has 0 bridgehead atoms. The quantitative estimate of drug-likeness (QED) is 0.188. The molecular weight excluding hydrogens is 631 g/mol. The fourth-order valence-corrected chi connectivity index (χ4v) is 8.87. The molecule has 11 rings (SSSR count). The van der Waals surface area contributed by atoms with Gasteiger partial charge in [-0.25, -0.2) is 9.97 Å². The number of rotatable bonds is 3. The summed E-state index contributed by atoms with van der Waals surface area (Å²) in [6.07, 6.45) is 0. The van der Waals surface area contributed by atoms with Gasteiger partial charge in [0.2, 0.25) is 5.95 Å². The molecule has 10 aromatic rings. The van der Waals surface area contributed by atoms with E-state index in [1.807, 2.05) is 0 Å². The van der Waals surface area contributed by atoms with Gasteiger partial charge in [-0.1, -0.05) is 153 Å². The van der Waals surface area contributed by atoms with Crippen LogP contribution in [0.2, 0.25) is 0 Å². The molecule has 0 atom stereocenters. The fraction of sp³-hybridized carbons (Fsp3) is 0.0612. The minimum atomic E-state index is -0.131. The van der Waals surface area contributed by atoms with E-state index in [-0.39, 0.29) is 5.41 Å². The molecular formula is C49H33N3. The van der Waals surface area contributed by atoms with Crippen LogP contribution in [0.1, 0.15) is 25.0 Å². The van der Waals surface area contributed by atoms with Gasteiger partial charge in [0, 0.05) is 32.7 Å². The van der Waals surface area contributed by atoms with Crippen molar-refractivity contribution in [2.24, 2.45) is 0 Å². The maximum atomic E-state index is 5.48. The van der Waals surface area contributed by atoms with Crippen molar-refractivity contribution in [1.82, 2.24) is 14.5 Å². The van der Waals surface area contributed by atoms with Crippen molar-refractivity contribution in [3.8, 4) is 39.5 Å². The van der Waals surface area contributed by atoms with E-state index < -0.39 is 0 Å². The lowest BCUT2D eigenvalue weighted by Gasteiger charge is -2.35. The summed E-state index contributed by atoms with van der Waals surface area (Å²) in [7, 11) is 0. The highest BCUT2D eigenvalue weighted by Crippen LogP contribution is 2.53. The predicted octanol–water partition coefficient (Wildman–Crippen LogP) is 12.7. The maximum absolute atomic E-state index is 5.48. The number of hydrogen-bond acceptors (Lipinski definition) is 2. The zero-order valence-electron chi connectivity index (χ0n) is 28.9. The lowest BCUT2D eigenvalue weighted by Crippen LogP contribution is -2.23. The topological polar surface area (TPSA) is 30.7 Å². The van der Waals surface area contributed by atoms with E-state index in [1.165, 1.54) is 65.7 Å². The largest absolute Gasteiger partial charge is 0.278 e. The third kappa shape index (κ3) is 4.08. The molecule has 2 aromatic heterocycles. The van der Waals surface area contributed by atoms with Crippen LogP contribution >= 0.6 is 0 Å². The van der Waals surface area contributed by atoms with Crippen LogP contribution in [0, 0.1) is 0 Å². The number of benzene rings is 8. The Kier molecular flexibility index (Phi) is 6.01. The van der Waals surface area contributed by atoms with Crippen LogP contribution in [-0.2, 0) is 5.41 Å². The van der Waals surface area contributed by atoms with Crippen LogP contribution in [0.15, 0.2) is 164 Å². The first-order valence-electron chi connectivity index (χ1n) is 18.0. The Morgan fingerprint density at radius 2 is 1.10 bits per heavy atom. The van der Waals surface area contributed by atoms with Crippen molar-refractivity contribution < 1.29 is 0 Å². The van der Waals surface area contributed by atoms with E-state index in [2.05, 4.69) is 182 Å². The highest BCUT2D eigenvalue weighted by molar-refractivity contribution is 6.26. The van der Waals surface area contributed by atoms with Crippen molar-refractivity contribution in [2.75, 3.05) is 0 Å². The van der Waals surface area contributed by atoms with E-state index in [0.29, 0.717) is 5.95 Å². The fourth-order valence-electron chi connectivity index (χ4n) is 8.87. The average Bonchev–Trinajstić information content (AvgIpc) is 3.51. The molecule has 244 valence electrons. The van der Waals surface area contributed by atoms with Crippen LogP contribution in [0.4, 0.5) is 0 Å². The van der Waals surface area contributed by atoms with E-state index in [1.54, 1.807) is 0 Å². The van der Waals surface area contributed by atoms with Crippen molar-refractivity contribution >= 4 is 54.3 Å². The Morgan fingerprint density at radius 1 is 0.462 bits per heavy atom. The van der Waals surface area contributed by atoms with Gasteiger partial charge in [-0.2, -0.15) is 0 Å². The second kappa shape index (κ2) is 10.7. The summed E-state index contributed by atoms with van der Waals surface area (Å²) >= 11 is 0. The third-order valence-corrected chi connectivity index (χ3v) is 11.4. The van der Waals surface area contributed by atoms with Crippen molar-refractivity contribution in [1.29, 1.82) is 0 Å². The monoisotopic (exact) mass is 663 g/mol. The lowest BCUT2D eigenvalue weighted by molar-refractivity contribution is 0.645. The molecule has 1 aliphatic rings. The predicted molar refractivity (Wildman–Crippen MR) is 217 cm³/mol. The summed E-state index contributed by atoms with van der Waals surface area (Å²) in [6, 6.07) is 59.2. The molecule has 0 aliphatic heterocycles. The Morgan fingerprint density at radius 3 is 1.94 bits per heavy atom. The molecule has 0 N–H and O–H groups in total. The Balaban J connectivity index is 1.27. The SMILES string of the molecule is CC1(C)c2ccccc2-c2c3c1cccc3cc1c2c2cc3ccccc3cc2n1-c1nc(-c2ccc(-c3ccccc3)cc2)c2ccccc2n1. The van der Waals surface area contributed by atoms with Gasteiger partial charge < -0.3 is 0 Å². The third-order valence-electron chi connectivity index (χ3n) is 11.4. The molecule has 2 heterocycles. The first-order valence-corrected chi connectivity index (χ1v) is 18.0. The molecule has 0 spiro atoms. The molecule has 0 saturated heterocycles. The number of fused-ring (bicyclic) bond motifs is 8. The normalized spacial score (nSPS) is 13.3. The van der Waals surface area contributed by atoms with Crippen molar-refractivity contribution in [3.05, 3.63) is 175 Å². The Hall–Kier alpha value is -6.58. The van der Waals surface area contributed by atoms with E-state index in [4.69, 9.17) is 9.97 Å². The van der Waals surface area contributed by atoms with Gasteiger partial charge in [0.05, 0.1) is 22.2 Å². The van der Waals surface area contributed by atoms with Gasteiger partial charge in [0.15, 0.2) is 0 Å². The van der Waals surface area contributed by atoms with Crippen molar-refractivity contribution in [3.63, 3.8) is 0 Å². The second-order valence-electron chi connectivity index (χ2n) is 14.6. The van der Waals surface area contributed by atoms with Crippen LogP contribution in [0.5, 0.6) is 0 Å². The van der Waals surface area contributed by atoms with E-state index in [0.717, 1.165) is 33.2 Å². The van der Waals surface area contributed by atoms with Crippen LogP contribution < -0.4 is 0 Å². The number of nitrogens with zero attached hydrogens (tertiary/aromatic N) is 3. The summed E-state index contributed by atoms with van der Waals surface area (Å²) in [5.74, 6) is 0.670. The molecule has 0 saturated carbocycles. The molecule has 0 fully saturated rings. The molecule has 0 radical (unpaired) electrons. The zero-order chi connectivity index (χ0) is 34.6. The average molecular weight is 664 g/mol. The summed E-state index contributed by atoms with van der Waals surface area (Å²) in [5, 5.41) is 8.47. The van der Waals surface area contributed by atoms with E-state index in [9.17, 15) is 0 Å². The summed E-state index contributed by atoms with van der Waals surface area (Å²) in [6.45, 7) is 4.72. The summed E-state index contributed by atoms with van der Waals surface area (Å²) in [4.78, 5) is 10.8. The molecule has 0 unspecified atom stereocenters. The Bertz CT molecular complexity index is 3080. The molecule has 3 heteroatoms. The molecule has 8 aromatic carbocycles. The smallest absolute Gasteiger partial charge is 0.235 e. The molecule has 52 heavy (non-hydrogen) atoms. The molecule has 3 nitrogen and oxygen atoms in total. The summed E-state index contributed by atoms with van der Waals surface area (Å²) < 4.78 is 2.32. The highest BCUT2D eigenvalue weighted by Gasteiger charge is 2.35. The second-order valence-corrected chi connectivity index (χ2v) is 14.6. The van der Waals surface area contributed by atoms with Gasteiger partial charge in [-0.05, 0) is 73.6 Å². The molecule has 1 aliphatic carbocycles. The van der Waals surface area contributed by atoms with Gasteiger partial charge in [0.25, 0.3) is 0 Å². The van der Waals surface area contributed by atoms with Gasteiger partial charge in [-0.15, -0.1) is 0 Å².